The number of alkyl halides is 2. The highest BCUT2D eigenvalue weighted by atomic mass is 32.2. The number of anilines is 3. The van der Waals surface area contributed by atoms with E-state index in [1.807, 2.05) is 0 Å². The summed E-state index contributed by atoms with van der Waals surface area (Å²) in [6.07, 6.45) is 0. The van der Waals surface area contributed by atoms with Crippen molar-refractivity contribution in [3.8, 4) is 23.1 Å². The fraction of sp³-hybridized carbons (Fsp3) is 0.200. The summed E-state index contributed by atoms with van der Waals surface area (Å²) < 4.78 is 78.7. The summed E-state index contributed by atoms with van der Waals surface area (Å²) in [4.78, 5) is -0.215. The average molecular weight is 511 g/mol. The molecule has 0 atom stereocenters. The molecular formula is C20H19F2N5O7S. The highest BCUT2D eigenvalue weighted by Gasteiger charge is 2.27. The number of benzene rings is 2. The predicted molar refractivity (Wildman–Crippen MR) is 119 cm³/mol. The van der Waals surface area contributed by atoms with Crippen molar-refractivity contribution in [1.82, 2.24) is 15.4 Å². The van der Waals surface area contributed by atoms with Gasteiger partial charge in [-0.3, -0.25) is 9.82 Å². The Kier molecular flexibility index (Phi) is 6.50. The normalized spacial score (nSPS) is 11.5. The van der Waals surface area contributed by atoms with E-state index in [0.717, 1.165) is 0 Å². The van der Waals surface area contributed by atoms with Crippen molar-refractivity contribution < 1.29 is 40.7 Å². The van der Waals surface area contributed by atoms with E-state index >= 15 is 0 Å². The fourth-order valence-corrected chi connectivity index (χ4v) is 4.57. The van der Waals surface area contributed by atoms with Crippen LogP contribution in [0.4, 0.5) is 26.1 Å². The molecule has 12 nitrogen and oxygen atoms in total. The smallest absolute Gasteiger partial charge is 0.388 e. The predicted octanol–water partition coefficient (Wildman–Crippen LogP) is 3.72. The Morgan fingerprint density at radius 2 is 1.71 bits per heavy atom. The second-order valence-corrected chi connectivity index (χ2v) is 8.42. The van der Waals surface area contributed by atoms with E-state index < -0.39 is 16.6 Å². The zero-order valence-corrected chi connectivity index (χ0v) is 19.3. The van der Waals surface area contributed by atoms with E-state index in [0.29, 0.717) is 5.69 Å². The summed E-state index contributed by atoms with van der Waals surface area (Å²) in [6, 6.07) is 8.73. The van der Waals surface area contributed by atoms with Crippen LogP contribution in [-0.2, 0) is 10.0 Å². The topological polar surface area (TPSA) is 150 Å². The van der Waals surface area contributed by atoms with E-state index in [-0.39, 0.29) is 50.6 Å². The molecule has 0 saturated carbocycles. The minimum absolute atomic E-state index is 0.0727. The molecule has 0 bridgehead atoms. The lowest BCUT2D eigenvalue weighted by atomic mass is 10.2. The first-order valence-corrected chi connectivity index (χ1v) is 11.2. The number of halogens is 2. The largest absolute Gasteiger partial charge is 0.495 e. The first-order chi connectivity index (χ1) is 16.7. The lowest BCUT2D eigenvalue weighted by Crippen LogP contribution is -2.15. The van der Waals surface area contributed by atoms with Gasteiger partial charge in [-0.2, -0.15) is 8.78 Å². The second kappa shape index (κ2) is 9.54. The lowest BCUT2D eigenvalue weighted by molar-refractivity contribution is -0.0528. The molecule has 2 aromatic carbocycles. The molecule has 186 valence electrons. The van der Waals surface area contributed by atoms with Crippen LogP contribution in [0.1, 0.15) is 0 Å². The number of nitrogens with one attached hydrogen (secondary N) is 3. The Morgan fingerprint density at radius 1 is 1.03 bits per heavy atom. The van der Waals surface area contributed by atoms with E-state index in [1.165, 1.54) is 51.7 Å². The number of fused-ring (bicyclic) bond motifs is 1. The molecule has 0 aliphatic carbocycles. The number of aromatic nitrogens is 3. The molecule has 4 rings (SSSR count). The summed E-state index contributed by atoms with van der Waals surface area (Å²) >= 11 is 0. The zero-order valence-electron chi connectivity index (χ0n) is 18.5. The SMILES string of the molecule is COc1cc2c(NS(=O)(=O)c3c(OC)cccc3OC)noc2cc1Nc1cc(OC(F)F)n[nH]1. The lowest BCUT2D eigenvalue weighted by Gasteiger charge is -2.14. The Morgan fingerprint density at radius 3 is 2.34 bits per heavy atom. The molecule has 15 heteroatoms. The van der Waals surface area contributed by atoms with E-state index in [4.69, 9.17) is 18.7 Å². The maximum Gasteiger partial charge on any atom is 0.388 e. The van der Waals surface area contributed by atoms with Gasteiger partial charge in [0.25, 0.3) is 10.0 Å². The Balaban J connectivity index is 1.67. The molecule has 0 aliphatic rings. The maximum atomic E-state index is 13.2. The molecular weight excluding hydrogens is 492 g/mol. The van der Waals surface area contributed by atoms with Crippen molar-refractivity contribution in [2.45, 2.75) is 11.5 Å². The summed E-state index contributed by atoms with van der Waals surface area (Å²) in [6.45, 7) is -3.02. The average Bonchev–Trinajstić information content (AvgIpc) is 3.43. The third-order valence-corrected chi connectivity index (χ3v) is 6.11. The number of ether oxygens (including phenoxy) is 4. The number of sulfonamides is 1. The third-order valence-electron chi connectivity index (χ3n) is 4.71. The number of hydrogen-bond donors (Lipinski definition) is 3. The van der Waals surface area contributed by atoms with Crippen LogP contribution in [-0.4, -0.2) is 51.7 Å². The van der Waals surface area contributed by atoms with Crippen LogP contribution in [0.25, 0.3) is 11.0 Å². The Hall–Kier alpha value is -4.27. The number of H-pyrrole nitrogens is 1. The first kappa shape index (κ1) is 23.9. The van der Waals surface area contributed by atoms with Gasteiger partial charge in [-0.15, -0.1) is 5.10 Å². The minimum atomic E-state index is -4.21. The van der Waals surface area contributed by atoms with Crippen LogP contribution >= 0.6 is 0 Å². The Bertz CT molecular complexity index is 1430. The zero-order chi connectivity index (χ0) is 25.2. The molecule has 4 aromatic rings. The van der Waals surface area contributed by atoms with Crippen molar-refractivity contribution in [3.05, 3.63) is 36.4 Å². The van der Waals surface area contributed by atoms with Gasteiger partial charge >= 0.3 is 6.61 Å². The molecule has 2 heterocycles. The molecule has 0 saturated heterocycles. The van der Waals surface area contributed by atoms with Crippen molar-refractivity contribution in [2.75, 3.05) is 31.4 Å². The van der Waals surface area contributed by atoms with Gasteiger partial charge < -0.3 is 28.8 Å². The quantitative estimate of drug-likeness (QED) is 0.287. The summed E-state index contributed by atoms with van der Waals surface area (Å²) in [5.74, 6) is 0.216. The molecule has 35 heavy (non-hydrogen) atoms. The molecule has 3 N–H and O–H groups in total. The second-order valence-electron chi connectivity index (χ2n) is 6.80. The van der Waals surface area contributed by atoms with Gasteiger partial charge in [0, 0.05) is 12.1 Å². The standard InChI is InChI=1S/C20H19F2N5O7S/c1-30-12-5-4-6-13(31-2)18(12)35(28,29)27-19-10-7-15(32-3)11(8-14(10)34-26-19)23-16-9-17(25-24-16)33-20(21)22/h4-9,20H,1-3H3,(H,26,27)(H2,23,24,25). The molecule has 0 unspecified atom stereocenters. The first-order valence-electron chi connectivity index (χ1n) is 9.74. The molecule has 0 spiro atoms. The van der Waals surface area contributed by atoms with Crippen molar-refractivity contribution >= 4 is 38.3 Å². The van der Waals surface area contributed by atoms with Crippen molar-refractivity contribution in [1.29, 1.82) is 0 Å². The monoisotopic (exact) mass is 511 g/mol. The number of rotatable bonds is 10. The van der Waals surface area contributed by atoms with Gasteiger partial charge in [0.1, 0.15) is 23.1 Å². The van der Waals surface area contributed by atoms with Crippen molar-refractivity contribution in [2.24, 2.45) is 0 Å². The van der Waals surface area contributed by atoms with Crippen molar-refractivity contribution in [3.63, 3.8) is 0 Å². The highest BCUT2D eigenvalue weighted by Crippen LogP contribution is 2.38. The third kappa shape index (κ3) is 4.84. The van der Waals surface area contributed by atoms with Gasteiger partial charge in [0.2, 0.25) is 5.88 Å². The summed E-state index contributed by atoms with van der Waals surface area (Å²) in [5.41, 5.74) is 0.547. The number of nitrogens with zero attached hydrogens (tertiary/aromatic N) is 2. The van der Waals surface area contributed by atoms with Crippen LogP contribution in [0, 0.1) is 0 Å². The summed E-state index contributed by atoms with van der Waals surface area (Å²) in [5, 5.41) is 13.1. The fourth-order valence-electron chi connectivity index (χ4n) is 3.23. The number of methoxy groups -OCH3 is 3. The van der Waals surface area contributed by atoms with Gasteiger partial charge in [-0.05, 0) is 18.2 Å². The molecule has 0 amide bonds. The van der Waals surface area contributed by atoms with Crippen LogP contribution < -0.4 is 29.0 Å². The highest BCUT2D eigenvalue weighted by molar-refractivity contribution is 7.93. The number of hydrogen-bond acceptors (Lipinski definition) is 10. The number of aromatic amines is 1. The maximum absolute atomic E-state index is 13.2. The molecule has 0 radical (unpaired) electrons. The van der Waals surface area contributed by atoms with E-state index in [1.54, 1.807) is 6.07 Å². The Labute approximate surface area is 197 Å². The van der Waals surface area contributed by atoms with Gasteiger partial charge in [-0.1, -0.05) is 11.2 Å². The minimum Gasteiger partial charge on any atom is -0.495 e. The van der Waals surface area contributed by atoms with Gasteiger partial charge in [0.15, 0.2) is 16.3 Å². The van der Waals surface area contributed by atoms with E-state index in [9.17, 15) is 17.2 Å². The van der Waals surface area contributed by atoms with Crippen LogP contribution in [0.3, 0.4) is 0 Å². The molecule has 0 aliphatic heterocycles. The van der Waals surface area contributed by atoms with Crippen LogP contribution in [0.15, 0.2) is 45.8 Å². The summed E-state index contributed by atoms with van der Waals surface area (Å²) in [7, 11) is -0.154. The van der Waals surface area contributed by atoms with Gasteiger partial charge in [0.05, 0.1) is 32.4 Å². The van der Waals surface area contributed by atoms with E-state index in [2.05, 4.69) is 30.1 Å². The molecule has 0 fully saturated rings. The molecule has 2 aromatic heterocycles. The van der Waals surface area contributed by atoms with Gasteiger partial charge in [-0.25, -0.2) is 8.42 Å². The van der Waals surface area contributed by atoms with Crippen LogP contribution in [0.2, 0.25) is 0 Å². The van der Waals surface area contributed by atoms with Crippen LogP contribution in [0.5, 0.6) is 23.1 Å².